The topological polar surface area (TPSA) is 58.2 Å². The third-order valence-electron chi connectivity index (χ3n) is 2.56. The Hall–Kier alpha value is -1.55. The van der Waals surface area contributed by atoms with E-state index >= 15 is 0 Å². The number of ketones is 1. The van der Waals surface area contributed by atoms with Crippen LogP contribution < -0.4 is 10.6 Å². The molecule has 0 aromatic heterocycles. The van der Waals surface area contributed by atoms with E-state index in [0.29, 0.717) is 10.6 Å². The molecule has 2 unspecified atom stereocenters. The van der Waals surface area contributed by atoms with E-state index in [-0.39, 0.29) is 17.9 Å². The van der Waals surface area contributed by atoms with Gasteiger partial charge in [-0.15, -0.1) is 0 Å². The Morgan fingerprint density at radius 1 is 1.25 bits per heavy atom. The van der Waals surface area contributed by atoms with E-state index < -0.39 is 6.04 Å². The van der Waals surface area contributed by atoms with Gasteiger partial charge >= 0.3 is 6.03 Å². The third kappa shape index (κ3) is 2.02. The molecule has 2 atom stereocenters. The molecule has 16 heavy (non-hydrogen) atoms. The lowest BCUT2D eigenvalue weighted by Crippen LogP contribution is -2.38. The first-order chi connectivity index (χ1) is 7.58. The highest BCUT2D eigenvalue weighted by Crippen LogP contribution is 2.13. The van der Waals surface area contributed by atoms with Crippen molar-refractivity contribution < 1.29 is 9.59 Å². The van der Waals surface area contributed by atoms with Crippen LogP contribution >= 0.6 is 11.6 Å². The van der Waals surface area contributed by atoms with Crippen LogP contribution in [0.1, 0.15) is 17.3 Å². The second-order valence-electron chi connectivity index (χ2n) is 3.76. The highest BCUT2D eigenvalue weighted by atomic mass is 35.5. The smallest absolute Gasteiger partial charge is 0.315 e. The van der Waals surface area contributed by atoms with E-state index in [1.165, 1.54) is 0 Å². The van der Waals surface area contributed by atoms with Crippen LogP contribution in [0.3, 0.4) is 0 Å². The van der Waals surface area contributed by atoms with Gasteiger partial charge in [-0.25, -0.2) is 4.79 Å². The molecule has 4 nitrogen and oxygen atoms in total. The summed E-state index contributed by atoms with van der Waals surface area (Å²) in [7, 11) is 0. The number of Topliss-reactive ketones (excluding diaryl/α,β-unsaturated/α-hetero) is 1. The van der Waals surface area contributed by atoms with Crippen LogP contribution in [-0.2, 0) is 0 Å². The number of benzene rings is 1. The number of halogens is 1. The molecule has 1 aromatic carbocycles. The van der Waals surface area contributed by atoms with Gasteiger partial charge in [0, 0.05) is 10.6 Å². The molecule has 1 aromatic rings. The van der Waals surface area contributed by atoms with Gasteiger partial charge in [0.15, 0.2) is 5.78 Å². The van der Waals surface area contributed by atoms with Crippen LogP contribution in [0.5, 0.6) is 0 Å². The maximum absolute atomic E-state index is 12.0. The van der Waals surface area contributed by atoms with Gasteiger partial charge in [0.2, 0.25) is 0 Å². The molecule has 84 valence electrons. The first kappa shape index (κ1) is 11.0. The van der Waals surface area contributed by atoms with Crippen molar-refractivity contribution in [2.45, 2.75) is 19.0 Å². The van der Waals surface area contributed by atoms with Crippen molar-refractivity contribution in [2.24, 2.45) is 0 Å². The molecular formula is C11H11ClN2O2. The van der Waals surface area contributed by atoms with E-state index in [1.54, 1.807) is 31.2 Å². The van der Waals surface area contributed by atoms with Crippen LogP contribution in [0.2, 0.25) is 5.02 Å². The van der Waals surface area contributed by atoms with E-state index in [0.717, 1.165) is 0 Å². The summed E-state index contributed by atoms with van der Waals surface area (Å²) >= 11 is 5.73. The molecule has 0 spiro atoms. The fraction of sp³-hybridized carbons (Fsp3) is 0.273. The van der Waals surface area contributed by atoms with Gasteiger partial charge in [-0.2, -0.15) is 0 Å². The fourth-order valence-corrected chi connectivity index (χ4v) is 1.81. The van der Waals surface area contributed by atoms with Crippen molar-refractivity contribution >= 4 is 23.4 Å². The molecule has 2 amide bonds. The number of carbonyl (C=O) groups is 2. The second-order valence-corrected chi connectivity index (χ2v) is 4.19. The van der Waals surface area contributed by atoms with Gasteiger partial charge in [-0.1, -0.05) is 11.6 Å². The SMILES string of the molecule is CC1NC(=O)NC1C(=O)c1ccc(Cl)cc1. The minimum absolute atomic E-state index is 0.109. The summed E-state index contributed by atoms with van der Waals surface area (Å²) in [5.41, 5.74) is 0.547. The zero-order valence-electron chi connectivity index (χ0n) is 8.66. The van der Waals surface area contributed by atoms with Crippen molar-refractivity contribution in [3.8, 4) is 0 Å². The highest BCUT2D eigenvalue weighted by molar-refractivity contribution is 6.30. The van der Waals surface area contributed by atoms with Crippen molar-refractivity contribution in [1.29, 1.82) is 0 Å². The Morgan fingerprint density at radius 2 is 1.88 bits per heavy atom. The molecule has 0 radical (unpaired) electrons. The number of hydrogen-bond donors (Lipinski definition) is 2. The van der Waals surface area contributed by atoms with Crippen molar-refractivity contribution in [2.75, 3.05) is 0 Å². The van der Waals surface area contributed by atoms with E-state index in [2.05, 4.69) is 10.6 Å². The maximum Gasteiger partial charge on any atom is 0.315 e. The lowest BCUT2D eigenvalue weighted by molar-refractivity contribution is 0.0946. The van der Waals surface area contributed by atoms with Gasteiger partial charge in [-0.3, -0.25) is 4.79 Å². The van der Waals surface area contributed by atoms with Crippen molar-refractivity contribution in [3.63, 3.8) is 0 Å². The lowest BCUT2D eigenvalue weighted by Gasteiger charge is -2.12. The number of hydrogen-bond acceptors (Lipinski definition) is 2. The Morgan fingerprint density at radius 3 is 2.38 bits per heavy atom. The number of amides is 2. The van der Waals surface area contributed by atoms with E-state index in [9.17, 15) is 9.59 Å². The molecule has 5 heteroatoms. The molecule has 1 heterocycles. The Labute approximate surface area is 98.0 Å². The number of nitrogens with one attached hydrogen (secondary N) is 2. The highest BCUT2D eigenvalue weighted by Gasteiger charge is 2.33. The van der Waals surface area contributed by atoms with Crippen LogP contribution in [0.25, 0.3) is 0 Å². The summed E-state index contributed by atoms with van der Waals surface area (Å²) in [5, 5.41) is 5.80. The third-order valence-corrected chi connectivity index (χ3v) is 2.81. The summed E-state index contributed by atoms with van der Waals surface area (Å²) in [5.74, 6) is -0.109. The maximum atomic E-state index is 12.0. The summed E-state index contributed by atoms with van der Waals surface area (Å²) < 4.78 is 0. The quantitative estimate of drug-likeness (QED) is 0.769. The Balaban J connectivity index is 2.19. The Kier molecular flexibility index (Phi) is 2.83. The predicted octanol–water partition coefficient (Wildman–Crippen LogP) is 1.59. The van der Waals surface area contributed by atoms with Gasteiger partial charge in [0.25, 0.3) is 0 Å². The van der Waals surface area contributed by atoms with Gasteiger partial charge in [0.05, 0.1) is 6.04 Å². The normalized spacial score (nSPS) is 23.8. The van der Waals surface area contributed by atoms with E-state index in [1.807, 2.05) is 0 Å². The van der Waals surface area contributed by atoms with Crippen LogP contribution in [0.4, 0.5) is 4.79 Å². The van der Waals surface area contributed by atoms with Crippen LogP contribution in [0.15, 0.2) is 24.3 Å². The summed E-state index contributed by atoms with van der Waals surface area (Å²) in [6.07, 6.45) is 0. The van der Waals surface area contributed by atoms with Gasteiger partial charge < -0.3 is 10.6 Å². The lowest BCUT2D eigenvalue weighted by atomic mass is 10.0. The van der Waals surface area contributed by atoms with Crippen molar-refractivity contribution in [3.05, 3.63) is 34.9 Å². The summed E-state index contributed by atoms with van der Waals surface area (Å²) in [6, 6.07) is 5.61. The fourth-order valence-electron chi connectivity index (χ4n) is 1.68. The van der Waals surface area contributed by atoms with Gasteiger partial charge in [-0.05, 0) is 31.2 Å². The first-order valence-corrected chi connectivity index (χ1v) is 5.32. The van der Waals surface area contributed by atoms with Crippen LogP contribution in [0, 0.1) is 0 Å². The number of rotatable bonds is 2. The summed E-state index contributed by atoms with van der Waals surface area (Å²) in [4.78, 5) is 23.1. The molecule has 2 rings (SSSR count). The zero-order valence-corrected chi connectivity index (χ0v) is 9.41. The molecule has 1 saturated heterocycles. The minimum Gasteiger partial charge on any atom is -0.333 e. The second kappa shape index (κ2) is 4.14. The number of carbonyl (C=O) groups excluding carboxylic acids is 2. The standard InChI is InChI=1S/C11H11ClN2O2/c1-6-9(14-11(16)13-6)10(15)7-2-4-8(12)5-3-7/h2-6,9H,1H3,(H2,13,14,16). The summed E-state index contributed by atoms with van der Waals surface area (Å²) in [6.45, 7) is 1.79. The molecule has 1 fully saturated rings. The molecule has 1 aliphatic heterocycles. The predicted molar refractivity (Wildman–Crippen MR) is 60.7 cm³/mol. The average Bonchev–Trinajstić information content (AvgIpc) is 2.58. The molecule has 0 saturated carbocycles. The molecule has 2 N–H and O–H groups in total. The minimum atomic E-state index is -0.506. The number of urea groups is 1. The van der Waals surface area contributed by atoms with E-state index in [4.69, 9.17) is 11.6 Å². The molecular weight excluding hydrogens is 228 g/mol. The van der Waals surface area contributed by atoms with Gasteiger partial charge in [0.1, 0.15) is 6.04 Å². The zero-order chi connectivity index (χ0) is 11.7. The Bertz CT molecular complexity index is 430. The largest absolute Gasteiger partial charge is 0.333 e. The molecule has 0 bridgehead atoms. The first-order valence-electron chi connectivity index (χ1n) is 4.95. The average molecular weight is 239 g/mol. The van der Waals surface area contributed by atoms with Crippen LogP contribution in [-0.4, -0.2) is 23.9 Å². The molecule has 1 aliphatic rings. The van der Waals surface area contributed by atoms with Crippen molar-refractivity contribution in [1.82, 2.24) is 10.6 Å². The monoisotopic (exact) mass is 238 g/mol. The molecule has 0 aliphatic carbocycles.